The zero-order valence-corrected chi connectivity index (χ0v) is 15.2. The van der Waals surface area contributed by atoms with Crippen LogP contribution in [0.25, 0.3) is 0 Å². The fourth-order valence-electron chi connectivity index (χ4n) is 2.69. The molecule has 2 rings (SSSR count). The topological polar surface area (TPSA) is 124 Å². The second-order valence-electron chi connectivity index (χ2n) is 7.84. The van der Waals surface area contributed by atoms with Crippen LogP contribution in [-0.4, -0.2) is 45.1 Å². The van der Waals surface area contributed by atoms with Crippen molar-refractivity contribution in [1.82, 2.24) is 15.5 Å². The summed E-state index contributed by atoms with van der Waals surface area (Å²) >= 11 is 0. The highest BCUT2D eigenvalue weighted by atomic mass is 16.6. The fraction of sp³-hybridized carbons (Fsp3) is 0.750. The number of ether oxygens (including phenoxy) is 2. The molecule has 140 valence electrons. The molecule has 2 heterocycles. The number of hydrogen-bond donors (Lipinski definition) is 2. The van der Waals surface area contributed by atoms with E-state index < -0.39 is 28.8 Å². The van der Waals surface area contributed by atoms with Crippen LogP contribution in [0.3, 0.4) is 0 Å². The molecule has 1 fully saturated rings. The van der Waals surface area contributed by atoms with Crippen LogP contribution in [0.1, 0.15) is 59.2 Å². The Balaban J connectivity index is 2.22. The second kappa shape index (κ2) is 6.62. The third-order valence-corrected chi connectivity index (χ3v) is 3.63. The lowest BCUT2D eigenvalue weighted by atomic mass is 9.90. The van der Waals surface area contributed by atoms with Crippen molar-refractivity contribution in [3.63, 3.8) is 0 Å². The predicted molar refractivity (Wildman–Crippen MR) is 86.0 cm³/mol. The lowest BCUT2D eigenvalue weighted by molar-refractivity contribution is -0.137. The van der Waals surface area contributed by atoms with Gasteiger partial charge in [0, 0.05) is 12.8 Å². The fourth-order valence-corrected chi connectivity index (χ4v) is 2.69. The summed E-state index contributed by atoms with van der Waals surface area (Å²) in [6.45, 7) is 9.27. The van der Waals surface area contributed by atoms with E-state index in [0.717, 1.165) is 0 Å². The van der Waals surface area contributed by atoms with E-state index in [1.807, 2.05) is 13.8 Å². The average Bonchev–Trinajstić information content (AvgIpc) is 3.00. The van der Waals surface area contributed by atoms with Crippen LogP contribution in [0.4, 0.5) is 4.79 Å². The maximum absolute atomic E-state index is 12.3. The quantitative estimate of drug-likeness (QED) is 0.822. The highest BCUT2D eigenvalue weighted by molar-refractivity contribution is 5.69. The molecule has 9 heteroatoms. The second-order valence-corrected chi connectivity index (χ2v) is 7.84. The van der Waals surface area contributed by atoms with Crippen molar-refractivity contribution >= 4 is 12.1 Å². The standard InChI is InChI=1S/C16H25N3O6/c1-14(2,3)24-13(22)18-16(8-15(4,5)23-9-16)12-17-10(25-19-12)6-7-11(20)21/h6-9H2,1-5H3,(H,18,22)(H,20,21). The first-order valence-corrected chi connectivity index (χ1v) is 8.11. The van der Waals surface area contributed by atoms with Gasteiger partial charge in [-0.2, -0.15) is 4.98 Å². The van der Waals surface area contributed by atoms with Gasteiger partial charge in [-0.25, -0.2) is 4.79 Å². The Bertz CT molecular complexity index is 649. The number of carboxylic acid groups (broad SMARTS) is 1. The Hall–Kier alpha value is -2.16. The molecule has 0 aliphatic carbocycles. The van der Waals surface area contributed by atoms with E-state index in [9.17, 15) is 9.59 Å². The number of amides is 1. The molecule has 0 radical (unpaired) electrons. The van der Waals surface area contributed by atoms with Gasteiger partial charge in [0.15, 0.2) is 5.82 Å². The summed E-state index contributed by atoms with van der Waals surface area (Å²) in [7, 11) is 0. The van der Waals surface area contributed by atoms with Gasteiger partial charge in [-0.3, -0.25) is 4.79 Å². The average molecular weight is 355 g/mol. The Morgan fingerprint density at radius 3 is 2.56 bits per heavy atom. The molecule has 1 aromatic heterocycles. The number of alkyl carbamates (subject to hydrolysis) is 1. The van der Waals surface area contributed by atoms with Crippen molar-refractivity contribution in [2.24, 2.45) is 0 Å². The Labute approximate surface area is 146 Å². The highest BCUT2D eigenvalue weighted by Gasteiger charge is 2.50. The molecule has 25 heavy (non-hydrogen) atoms. The first-order valence-electron chi connectivity index (χ1n) is 8.11. The summed E-state index contributed by atoms with van der Waals surface area (Å²) in [5.74, 6) is -0.497. The molecule has 0 spiro atoms. The summed E-state index contributed by atoms with van der Waals surface area (Å²) in [6, 6.07) is 0. The summed E-state index contributed by atoms with van der Waals surface area (Å²) in [4.78, 5) is 27.2. The molecule has 1 atom stereocenters. The molecule has 1 aliphatic rings. The third kappa shape index (κ3) is 5.15. The highest BCUT2D eigenvalue weighted by Crippen LogP contribution is 2.38. The molecular weight excluding hydrogens is 330 g/mol. The van der Waals surface area contributed by atoms with Gasteiger partial charge in [-0.1, -0.05) is 5.16 Å². The van der Waals surface area contributed by atoms with Gasteiger partial charge in [0.25, 0.3) is 0 Å². The predicted octanol–water partition coefficient (Wildman–Crippen LogP) is 2.01. The zero-order chi connectivity index (χ0) is 18.9. The summed E-state index contributed by atoms with van der Waals surface area (Å²) in [5, 5.41) is 15.5. The number of rotatable bonds is 5. The molecule has 1 saturated heterocycles. The molecular formula is C16H25N3O6. The Kier molecular flexibility index (Phi) is 5.08. The van der Waals surface area contributed by atoms with Crippen LogP contribution in [0.5, 0.6) is 0 Å². The summed E-state index contributed by atoms with van der Waals surface area (Å²) in [5.41, 5.74) is -2.13. The Morgan fingerprint density at radius 1 is 1.36 bits per heavy atom. The first-order chi connectivity index (χ1) is 11.4. The number of carbonyl (C=O) groups is 2. The van der Waals surface area contributed by atoms with Crippen molar-refractivity contribution < 1.29 is 28.7 Å². The van der Waals surface area contributed by atoms with Crippen molar-refractivity contribution in [2.45, 2.75) is 70.6 Å². The molecule has 0 bridgehead atoms. The van der Waals surface area contributed by atoms with Gasteiger partial charge in [0.2, 0.25) is 5.89 Å². The van der Waals surface area contributed by atoms with Gasteiger partial charge in [0.05, 0.1) is 18.6 Å². The number of nitrogens with zero attached hydrogens (tertiary/aromatic N) is 2. The summed E-state index contributed by atoms with van der Waals surface area (Å²) in [6.07, 6.45) is -0.173. The van der Waals surface area contributed by atoms with Gasteiger partial charge < -0.3 is 24.4 Å². The number of carbonyl (C=O) groups excluding carboxylic acids is 1. The molecule has 0 aromatic carbocycles. The van der Waals surface area contributed by atoms with E-state index in [1.165, 1.54) is 0 Å². The maximum atomic E-state index is 12.3. The zero-order valence-electron chi connectivity index (χ0n) is 15.2. The Morgan fingerprint density at radius 2 is 2.04 bits per heavy atom. The number of hydrogen-bond acceptors (Lipinski definition) is 7. The number of aliphatic carboxylic acids is 1. The number of carboxylic acids is 1. The molecule has 1 amide bonds. The van der Waals surface area contributed by atoms with Gasteiger partial charge in [-0.15, -0.1) is 0 Å². The maximum Gasteiger partial charge on any atom is 0.408 e. The van der Waals surface area contributed by atoms with Crippen LogP contribution in [0.15, 0.2) is 4.52 Å². The van der Waals surface area contributed by atoms with E-state index in [2.05, 4.69) is 15.5 Å². The van der Waals surface area contributed by atoms with E-state index in [-0.39, 0.29) is 31.2 Å². The lowest BCUT2D eigenvalue weighted by Crippen LogP contribution is -2.49. The summed E-state index contributed by atoms with van der Waals surface area (Å²) < 4.78 is 16.2. The smallest absolute Gasteiger partial charge is 0.408 e. The van der Waals surface area contributed by atoms with E-state index in [0.29, 0.717) is 6.42 Å². The van der Waals surface area contributed by atoms with Crippen LogP contribution in [-0.2, 0) is 26.2 Å². The van der Waals surface area contributed by atoms with Gasteiger partial charge in [-0.05, 0) is 34.6 Å². The first kappa shape index (κ1) is 19.2. The molecule has 1 aromatic rings. The van der Waals surface area contributed by atoms with Gasteiger partial charge >= 0.3 is 12.1 Å². The van der Waals surface area contributed by atoms with Crippen molar-refractivity contribution in [3.05, 3.63) is 11.7 Å². The van der Waals surface area contributed by atoms with E-state index in [4.69, 9.17) is 19.1 Å². The van der Waals surface area contributed by atoms with Crippen molar-refractivity contribution in [1.29, 1.82) is 0 Å². The molecule has 0 saturated carbocycles. The van der Waals surface area contributed by atoms with Crippen LogP contribution in [0, 0.1) is 0 Å². The van der Waals surface area contributed by atoms with Crippen molar-refractivity contribution in [3.8, 4) is 0 Å². The normalized spacial score (nSPS) is 22.6. The molecule has 1 unspecified atom stereocenters. The lowest BCUT2D eigenvalue weighted by Gasteiger charge is -2.28. The minimum absolute atomic E-state index is 0.115. The molecule has 9 nitrogen and oxygen atoms in total. The monoisotopic (exact) mass is 355 g/mol. The molecule has 1 aliphatic heterocycles. The van der Waals surface area contributed by atoms with Gasteiger partial charge in [0.1, 0.15) is 11.1 Å². The SMILES string of the molecule is CC(C)(C)OC(=O)NC1(c2noc(CCC(=O)O)n2)COC(C)(C)C1. The number of nitrogens with one attached hydrogen (secondary N) is 1. The van der Waals surface area contributed by atoms with Crippen molar-refractivity contribution in [2.75, 3.05) is 6.61 Å². The minimum atomic E-state index is -0.989. The third-order valence-electron chi connectivity index (χ3n) is 3.63. The van der Waals surface area contributed by atoms with E-state index >= 15 is 0 Å². The molecule has 2 N–H and O–H groups in total. The van der Waals surface area contributed by atoms with Crippen LogP contribution < -0.4 is 5.32 Å². The largest absolute Gasteiger partial charge is 0.481 e. The number of aryl methyl sites for hydroxylation is 1. The van der Waals surface area contributed by atoms with Crippen LogP contribution in [0.2, 0.25) is 0 Å². The minimum Gasteiger partial charge on any atom is -0.481 e. The van der Waals surface area contributed by atoms with Crippen LogP contribution >= 0.6 is 0 Å². The van der Waals surface area contributed by atoms with E-state index in [1.54, 1.807) is 20.8 Å². The number of aromatic nitrogens is 2.